The number of carbonyl (C=O) groups excluding carboxylic acids is 1. The highest BCUT2D eigenvalue weighted by Gasteiger charge is 2.19. The minimum atomic E-state index is -1.02. The molecule has 0 aliphatic heterocycles. The van der Waals surface area contributed by atoms with Crippen LogP contribution in [0.3, 0.4) is 0 Å². The lowest BCUT2D eigenvalue weighted by Gasteiger charge is -2.06. The van der Waals surface area contributed by atoms with E-state index in [-0.39, 0.29) is 17.2 Å². The van der Waals surface area contributed by atoms with Gasteiger partial charge in [-0.15, -0.1) is 0 Å². The zero-order valence-corrected chi connectivity index (χ0v) is 12.0. The van der Waals surface area contributed by atoms with Gasteiger partial charge in [0.1, 0.15) is 11.3 Å². The smallest absolute Gasteiger partial charge is 0.339 e. The second-order valence-corrected chi connectivity index (χ2v) is 4.52. The van der Waals surface area contributed by atoms with E-state index in [1.807, 2.05) is 6.92 Å². The highest BCUT2D eigenvalue weighted by atomic mass is 16.4. The van der Waals surface area contributed by atoms with E-state index < -0.39 is 5.97 Å². The number of rotatable bonds is 4. The molecule has 2 rings (SSSR count). The molecule has 1 amide bonds. The molecule has 0 saturated heterocycles. The number of aromatic nitrogens is 3. The largest absolute Gasteiger partial charge is 0.478 e. The minimum Gasteiger partial charge on any atom is -0.478 e. The average molecular weight is 288 g/mol. The first kappa shape index (κ1) is 14.7. The van der Waals surface area contributed by atoms with Crippen LogP contribution in [-0.2, 0) is 0 Å². The van der Waals surface area contributed by atoms with Crippen LogP contribution in [0.25, 0.3) is 5.69 Å². The summed E-state index contributed by atoms with van der Waals surface area (Å²) in [6.45, 7) is 5.64. The molecule has 0 unspecified atom stereocenters. The predicted molar refractivity (Wildman–Crippen MR) is 75.8 cm³/mol. The van der Waals surface area contributed by atoms with E-state index in [0.29, 0.717) is 23.6 Å². The van der Waals surface area contributed by atoms with Gasteiger partial charge in [-0.2, -0.15) is 5.10 Å². The van der Waals surface area contributed by atoms with Gasteiger partial charge in [0, 0.05) is 12.7 Å². The van der Waals surface area contributed by atoms with Crippen LogP contribution in [0, 0.1) is 13.8 Å². The maximum Gasteiger partial charge on any atom is 0.339 e. The number of hydrogen-bond acceptors (Lipinski definition) is 4. The summed E-state index contributed by atoms with van der Waals surface area (Å²) in [5.41, 5.74) is 1.97. The zero-order valence-electron chi connectivity index (χ0n) is 12.0. The number of aromatic carboxylic acids is 1. The van der Waals surface area contributed by atoms with Gasteiger partial charge in [-0.3, -0.25) is 9.78 Å². The summed E-state index contributed by atoms with van der Waals surface area (Å²) in [6, 6.07) is 3.25. The summed E-state index contributed by atoms with van der Waals surface area (Å²) in [6.07, 6.45) is 1.50. The first-order chi connectivity index (χ1) is 9.95. The van der Waals surface area contributed by atoms with Gasteiger partial charge in [0.15, 0.2) is 0 Å². The Morgan fingerprint density at radius 1 is 1.38 bits per heavy atom. The van der Waals surface area contributed by atoms with Crippen molar-refractivity contribution >= 4 is 11.9 Å². The third-order valence-corrected chi connectivity index (χ3v) is 3.06. The molecule has 7 nitrogen and oxygen atoms in total. The van der Waals surface area contributed by atoms with E-state index in [0.717, 1.165) is 0 Å². The number of carboxylic acids is 1. The molecule has 0 aliphatic carbocycles. The second kappa shape index (κ2) is 5.74. The average Bonchev–Trinajstić information content (AvgIpc) is 2.74. The van der Waals surface area contributed by atoms with E-state index in [1.165, 1.54) is 10.9 Å². The Balaban J connectivity index is 2.48. The van der Waals surface area contributed by atoms with Gasteiger partial charge in [0.05, 0.1) is 17.1 Å². The van der Waals surface area contributed by atoms with Crippen molar-refractivity contribution in [2.75, 3.05) is 6.54 Å². The third kappa shape index (κ3) is 2.76. The first-order valence-electron chi connectivity index (χ1n) is 6.49. The number of nitrogens with zero attached hydrogens (tertiary/aromatic N) is 3. The molecule has 0 saturated carbocycles. The van der Waals surface area contributed by atoms with Crippen molar-refractivity contribution in [3.63, 3.8) is 0 Å². The number of amides is 1. The monoisotopic (exact) mass is 288 g/mol. The number of pyridine rings is 1. The third-order valence-electron chi connectivity index (χ3n) is 3.06. The first-order valence-corrected chi connectivity index (χ1v) is 6.49. The van der Waals surface area contributed by atoms with Crippen molar-refractivity contribution in [3.05, 3.63) is 41.0 Å². The van der Waals surface area contributed by atoms with Gasteiger partial charge in [-0.05, 0) is 32.9 Å². The van der Waals surface area contributed by atoms with Gasteiger partial charge in [-0.25, -0.2) is 9.48 Å². The normalized spacial score (nSPS) is 10.4. The number of carboxylic acid groups (broad SMARTS) is 1. The predicted octanol–water partition coefficient (Wildman–Crippen LogP) is 1.33. The molecular formula is C14H16N4O3. The Morgan fingerprint density at radius 3 is 2.67 bits per heavy atom. The molecule has 0 radical (unpaired) electrons. The molecule has 7 heteroatoms. The quantitative estimate of drug-likeness (QED) is 0.884. The van der Waals surface area contributed by atoms with Crippen LogP contribution < -0.4 is 5.32 Å². The number of nitrogens with one attached hydrogen (secondary N) is 1. The van der Waals surface area contributed by atoms with Crippen LogP contribution in [0.2, 0.25) is 0 Å². The highest BCUT2D eigenvalue weighted by molar-refractivity contribution is 5.93. The Morgan fingerprint density at radius 2 is 2.10 bits per heavy atom. The lowest BCUT2D eigenvalue weighted by molar-refractivity contribution is 0.0695. The topological polar surface area (TPSA) is 97.1 Å². The molecule has 0 spiro atoms. The van der Waals surface area contributed by atoms with E-state index >= 15 is 0 Å². The molecule has 2 aromatic rings. The molecule has 0 fully saturated rings. The number of carbonyl (C=O) groups is 2. The molecule has 110 valence electrons. The Kier molecular flexibility index (Phi) is 4.02. The van der Waals surface area contributed by atoms with Gasteiger partial charge in [0.25, 0.3) is 5.91 Å². The standard InChI is InChI=1S/C14H16N4O3/c1-4-15-13(19)11-7-10(5-6-16-11)18-9(3)12(14(20)21)8(2)17-18/h5-7H,4H2,1-3H3,(H,15,19)(H,20,21). The van der Waals surface area contributed by atoms with Crippen molar-refractivity contribution in [1.29, 1.82) is 0 Å². The Labute approximate surface area is 121 Å². The summed E-state index contributed by atoms with van der Waals surface area (Å²) >= 11 is 0. The van der Waals surface area contributed by atoms with Gasteiger partial charge >= 0.3 is 5.97 Å². The summed E-state index contributed by atoms with van der Waals surface area (Å²) in [5.74, 6) is -1.30. The van der Waals surface area contributed by atoms with E-state index in [4.69, 9.17) is 0 Å². The van der Waals surface area contributed by atoms with Crippen molar-refractivity contribution in [2.24, 2.45) is 0 Å². The van der Waals surface area contributed by atoms with Crippen molar-refractivity contribution < 1.29 is 14.7 Å². The van der Waals surface area contributed by atoms with Gasteiger partial charge in [-0.1, -0.05) is 0 Å². The fourth-order valence-electron chi connectivity index (χ4n) is 2.13. The van der Waals surface area contributed by atoms with E-state index in [2.05, 4.69) is 15.4 Å². The molecule has 0 aliphatic rings. The number of aryl methyl sites for hydroxylation is 1. The molecular weight excluding hydrogens is 272 g/mol. The highest BCUT2D eigenvalue weighted by Crippen LogP contribution is 2.18. The van der Waals surface area contributed by atoms with Crippen LogP contribution in [0.15, 0.2) is 18.3 Å². The molecule has 21 heavy (non-hydrogen) atoms. The fourth-order valence-corrected chi connectivity index (χ4v) is 2.13. The number of hydrogen-bond donors (Lipinski definition) is 2. The summed E-state index contributed by atoms with van der Waals surface area (Å²) in [4.78, 5) is 27.0. The van der Waals surface area contributed by atoms with Crippen molar-refractivity contribution in [2.45, 2.75) is 20.8 Å². The summed E-state index contributed by atoms with van der Waals surface area (Å²) in [7, 11) is 0. The molecule has 2 aromatic heterocycles. The minimum absolute atomic E-state index is 0.173. The van der Waals surface area contributed by atoms with Crippen LogP contribution >= 0.6 is 0 Å². The lowest BCUT2D eigenvalue weighted by atomic mass is 10.2. The molecule has 0 atom stereocenters. The van der Waals surface area contributed by atoms with E-state index in [1.54, 1.807) is 26.0 Å². The van der Waals surface area contributed by atoms with Crippen molar-refractivity contribution in [1.82, 2.24) is 20.1 Å². The van der Waals surface area contributed by atoms with Gasteiger partial charge < -0.3 is 10.4 Å². The fraction of sp³-hybridized carbons (Fsp3) is 0.286. The summed E-state index contributed by atoms with van der Waals surface area (Å²) in [5, 5.41) is 16.1. The maximum atomic E-state index is 11.8. The second-order valence-electron chi connectivity index (χ2n) is 4.52. The van der Waals surface area contributed by atoms with Crippen LogP contribution in [-0.4, -0.2) is 38.3 Å². The zero-order chi connectivity index (χ0) is 15.6. The summed E-state index contributed by atoms with van der Waals surface area (Å²) < 4.78 is 1.50. The molecule has 2 N–H and O–H groups in total. The van der Waals surface area contributed by atoms with Crippen molar-refractivity contribution in [3.8, 4) is 5.69 Å². The molecule has 0 aromatic carbocycles. The SMILES string of the molecule is CCNC(=O)c1cc(-n2nc(C)c(C(=O)O)c2C)ccn1. The van der Waals surface area contributed by atoms with Gasteiger partial charge in [0.2, 0.25) is 0 Å². The van der Waals surface area contributed by atoms with Crippen LogP contribution in [0.5, 0.6) is 0 Å². The molecule has 0 bridgehead atoms. The lowest BCUT2D eigenvalue weighted by Crippen LogP contribution is -2.23. The van der Waals surface area contributed by atoms with Crippen LogP contribution in [0.1, 0.15) is 39.2 Å². The van der Waals surface area contributed by atoms with Crippen LogP contribution in [0.4, 0.5) is 0 Å². The Bertz CT molecular complexity index is 706. The van der Waals surface area contributed by atoms with E-state index in [9.17, 15) is 14.7 Å². The Hall–Kier alpha value is -2.70. The molecule has 2 heterocycles. The maximum absolute atomic E-state index is 11.8.